The molecule has 8 heteroatoms. The van der Waals surface area contributed by atoms with Crippen molar-refractivity contribution in [1.29, 1.82) is 0 Å². The summed E-state index contributed by atoms with van der Waals surface area (Å²) in [6, 6.07) is 5.09. The summed E-state index contributed by atoms with van der Waals surface area (Å²) in [6.45, 7) is 0.332. The third-order valence-corrected chi connectivity index (χ3v) is 6.38. The molecule has 1 heterocycles. The molecule has 0 atom stereocenters. The fraction of sp³-hybridized carbons (Fsp3) is 0.538. The van der Waals surface area contributed by atoms with Crippen LogP contribution in [0.15, 0.2) is 31.8 Å². The fourth-order valence-electron chi connectivity index (χ4n) is 2.52. The third-order valence-electron chi connectivity index (χ3n) is 3.85. The lowest BCUT2D eigenvalue weighted by atomic mass is 9.93. The molecule has 3 rings (SSSR count). The van der Waals surface area contributed by atoms with Gasteiger partial charge in [-0.25, -0.2) is 8.42 Å². The second-order valence-electron chi connectivity index (χ2n) is 5.17. The van der Waals surface area contributed by atoms with Crippen LogP contribution in [0.25, 0.3) is 0 Å². The minimum Gasteiger partial charge on any atom is -0.396 e. The Morgan fingerprint density at radius 3 is 2.81 bits per heavy atom. The molecule has 2 aliphatic rings. The van der Waals surface area contributed by atoms with Crippen molar-refractivity contribution in [2.24, 2.45) is 8.73 Å². The van der Waals surface area contributed by atoms with Gasteiger partial charge in [0, 0.05) is 19.2 Å². The van der Waals surface area contributed by atoms with Crippen LogP contribution >= 0.6 is 0 Å². The summed E-state index contributed by atoms with van der Waals surface area (Å²) in [6.07, 6.45) is 3.27. The predicted molar refractivity (Wildman–Crippen MR) is 81.2 cm³/mol. The Bertz CT molecular complexity index is 707. The van der Waals surface area contributed by atoms with Crippen LogP contribution in [0.1, 0.15) is 25.7 Å². The molecule has 21 heavy (non-hydrogen) atoms. The third kappa shape index (κ3) is 2.68. The highest BCUT2D eigenvalue weighted by Crippen LogP contribution is 2.40. The fourth-order valence-corrected chi connectivity index (χ4v) is 4.99. The summed E-state index contributed by atoms with van der Waals surface area (Å²) in [5, 5.41) is 9.02. The summed E-state index contributed by atoms with van der Waals surface area (Å²) >= 11 is 1.02. The van der Waals surface area contributed by atoms with Crippen LogP contribution in [0.5, 0.6) is 0 Å². The quantitative estimate of drug-likeness (QED) is 0.884. The van der Waals surface area contributed by atoms with E-state index in [1.807, 2.05) is 0 Å². The van der Waals surface area contributed by atoms with Crippen molar-refractivity contribution < 1.29 is 13.5 Å². The van der Waals surface area contributed by atoms with E-state index in [1.54, 1.807) is 18.2 Å². The van der Waals surface area contributed by atoms with Gasteiger partial charge in [0.2, 0.25) is 10.0 Å². The molecule has 114 valence electrons. The van der Waals surface area contributed by atoms with Gasteiger partial charge >= 0.3 is 0 Å². The molecule has 6 nitrogen and oxygen atoms in total. The molecular weight excluding hydrogens is 310 g/mol. The lowest BCUT2D eigenvalue weighted by Gasteiger charge is -2.36. The first-order valence-corrected chi connectivity index (χ1v) is 9.15. The SMILES string of the molecule is O=S(=O)(c1cccc2c1N=S=N2)N(CCCO)C1CCC1. The van der Waals surface area contributed by atoms with E-state index in [4.69, 9.17) is 5.11 Å². The molecule has 1 aromatic rings. The first-order valence-electron chi connectivity index (χ1n) is 6.98. The van der Waals surface area contributed by atoms with E-state index in [-0.39, 0.29) is 17.5 Å². The number of hydrogen-bond donors (Lipinski definition) is 1. The monoisotopic (exact) mass is 327 g/mol. The number of sulfonamides is 1. The zero-order chi connectivity index (χ0) is 14.9. The number of aliphatic hydroxyl groups is 1. The van der Waals surface area contributed by atoms with E-state index >= 15 is 0 Å². The van der Waals surface area contributed by atoms with Gasteiger partial charge in [-0.1, -0.05) is 12.5 Å². The summed E-state index contributed by atoms with van der Waals surface area (Å²) in [5.41, 5.74) is 1.05. The Hall–Kier alpha value is -1.09. The lowest BCUT2D eigenvalue weighted by Crippen LogP contribution is -2.44. The average Bonchev–Trinajstić information content (AvgIpc) is 2.88. The molecule has 0 amide bonds. The maximum atomic E-state index is 13.0. The molecular formula is C13H17N3O3S2. The van der Waals surface area contributed by atoms with Gasteiger partial charge in [-0.05, 0) is 31.4 Å². The van der Waals surface area contributed by atoms with Crippen molar-refractivity contribution in [1.82, 2.24) is 4.31 Å². The maximum Gasteiger partial charge on any atom is 0.245 e. The van der Waals surface area contributed by atoms with Crippen LogP contribution in [0.2, 0.25) is 0 Å². The minimum absolute atomic E-state index is 0.0127. The summed E-state index contributed by atoms with van der Waals surface area (Å²) in [5.74, 6) is 0. The number of aliphatic hydroxyl groups excluding tert-OH is 1. The molecule has 1 aliphatic carbocycles. The smallest absolute Gasteiger partial charge is 0.245 e. The molecule has 0 aromatic heterocycles. The number of rotatable bonds is 6. The molecule has 0 saturated heterocycles. The largest absolute Gasteiger partial charge is 0.396 e. The zero-order valence-electron chi connectivity index (χ0n) is 11.5. The van der Waals surface area contributed by atoms with E-state index in [9.17, 15) is 8.42 Å². The van der Waals surface area contributed by atoms with E-state index < -0.39 is 10.0 Å². The van der Waals surface area contributed by atoms with Crippen LogP contribution in [-0.2, 0) is 21.4 Å². The van der Waals surface area contributed by atoms with Crippen LogP contribution in [-0.4, -0.2) is 37.0 Å². The van der Waals surface area contributed by atoms with Crippen molar-refractivity contribution in [2.75, 3.05) is 13.2 Å². The molecule has 0 unspecified atom stereocenters. The molecule has 1 N–H and O–H groups in total. The minimum atomic E-state index is -3.60. The van der Waals surface area contributed by atoms with E-state index in [1.165, 1.54) is 4.31 Å². The van der Waals surface area contributed by atoms with Gasteiger partial charge in [-0.15, -0.1) is 0 Å². The zero-order valence-corrected chi connectivity index (χ0v) is 13.1. The summed E-state index contributed by atoms with van der Waals surface area (Å²) < 4.78 is 35.7. The Labute approximate surface area is 127 Å². The first kappa shape index (κ1) is 14.8. The highest BCUT2D eigenvalue weighted by Gasteiger charge is 2.36. The van der Waals surface area contributed by atoms with Gasteiger partial charge in [0.25, 0.3) is 0 Å². The van der Waals surface area contributed by atoms with E-state index in [2.05, 4.69) is 8.73 Å². The summed E-state index contributed by atoms with van der Waals surface area (Å²) in [4.78, 5) is 0.221. The van der Waals surface area contributed by atoms with Crippen molar-refractivity contribution in [3.63, 3.8) is 0 Å². The topological polar surface area (TPSA) is 82.3 Å². The highest BCUT2D eigenvalue weighted by molar-refractivity contribution is 7.89. The van der Waals surface area contributed by atoms with Gasteiger partial charge in [-0.2, -0.15) is 13.0 Å². The molecule has 1 aromatic carbocycles. The van der Waals surface area contributed by atoms with Crippen molar-refractivity contribution in [3.8, 4) is 0 Å². The lowest BCUT2D eigenvalue weighted by molar-refractivity contribution is 0.198. The maximum absolute atomic E-state index is 13.0. The van der Waals surface area contributed by atoms with Crippen LogP contribution in [0.3, 0.4) is 0 Å². The standard InChI is InChI=1S/C13H17N3O3S2/c17-9-3-8-16(10-4-1-5-10)21(18,19)12-7-2-6-11-13(12)15-20-14-11/h2,6-7,10,17H,1,3-5,8-9H2. The van der Waals surface area contributed by atoms with Gasteiger partial charge in [0.15, 0.2) is 0 Å². The van der Waals surface area contributed by atoms with Gasteiger partial charge in [0.05, 0.1) is 11.4 Å². The van der Waals surface area contributed by atoms with Crippen molar-refractivity contribution >= 4 is 32.8 Å². The van der Waals surface area contributed by atoms with Crippen LogP contribution in [0.4, 0.5) is 11.4 Å². The number of nitrogens with zero attached hydrogens (tertiary/aromatic N) is 3. The van der Waals surface area contributed by atoms with Crippen LogP contribution < -0.4 is 0 Å². The Kier molecular flexibility index (Phi) is 4.21. The average molecular weight is 327 g/mol. The molecule has 1 aliphatic heterocycles. The number of hydrogen-bond acceptors (Lipinski definition) is 5. The van der Waals surface area contributed by atoms with E-state index in [0.717, 1.165) is 30.6 Å². The molecule has 0 radical (unpaired) electrons. The van der Waals surface area contributed by atoms with Gasteiger partial charge in [-0.3, -0.25) is 0 Å². The van der Waals surface area contributed by atoms with Gasteiger partial charge in [0.1, 0.15) is 16.3 Å². The van der Waals surface area contributed by atoms with Crippen molar-refractivity contribution in [2.45, 2.75) is 36.6 Å². The van der Waals surface area contributed by atoms with Crippen LogP contribution in [0, 0.1) is 0 Å². The highest BCUT2D eigenvalue weighted by atomic mass is 32.2. The first-order chi connectivity index (χ1) is 10.1. The molecule has 0 spiro atoms. The normalized spacial score (nSPS) is 17.6. The predicted octanol–water partition coefficient (Wildman–Crippen LogP) is 2.34. The van der Waals surface area contributed by atoms with Gasteiger partial charge < -0.3 is 5.11 Å². The molecule has 1 fully saturated rings. The second kappa shape index (κ2) is 5.96. The number of fused-ring (bicyclic) bond motifs is 1. The Morgan fingerprint density at radius 2 is 2.14 bits per heavy atom. The molecule has 0 bridgehead atoms. The second-order valence-corrected chi connectivity index (χ2v) is 7.55. The Balaban J connectivity index is 1.98. The van der Waals surface area contributed by atoms with E-state index in [0.29, 0.717) is 24.3 Å². The Morgan fingerprint density at radius 1 is 1.33 bits per heavy atom. The molecule has 1 saturated carbocycles. The number of benzene rings is 1. The summed E-state index contributed by atoms with van der Waals surface area (Å²) in [7, 11) is -3.60. The van der Waals surface area contributed by atoms with Crippen molar-refractivity contribution in [3.05, 3.63) is 18.2 Å².